The van der Waals surface area contributed by atoms with Crippen molar-refractivity contribution in [2.24, 2.45) is 0 Å². The van der Waals surface area contributed by atoms with E-state index in [4.69, 9.17) is 9.97 Å². The van der Waals surface area contributed by atoms with Gasteiger partial charge in [0.15, 0.2) is 0 Å². The lowest BCUT2D eigenvalue weighted by atomic mass is 9.34. The van der Waals surface area contributed by atoms with Crippen LogP contribution in [-0.4, -0.2) is 25.8 Å². The molecule has 6 heterocycles. The average Bonchev–Trinajstić information content (AvgIpc) is 4.22. The first kappa shape index (κ1) is 40.3. The molecule has 17 aromatic rings. The molecule has 0 unspecified atom stereocenters. The highest BCUT2D eigenvalue weighted by Gasteiger charge is 2.42. The van der Waals surface area contributed by atoms with E-state index in [1.165, 1.54) is 158 Å². The molecule has 13 aromatic carbocycles. The highest BCUT2D eigenvalue weighted by molar-refractivity contribution is 7.00. The summed E-state index contributed by atoms with van der Waals surface area (Å²) in [5, 5.41) is 22.8. The third-order valence-corrected chi connectivity index (χ3v) is 17.9. The lowest BCUT2D eigenvalue weighted by Gasteiger charge is -2.34. The number of rotatable bonds is 2. The molecule has 0 spiro atoms. The molecule has 0 radical (unpaired) electrons. The van der Waals surface area contributed by atoms with Crippen molar-refractivity contribution in [1.82, 2.24) is 19.1 Å². The highest BCUT2D eigenvalue weighted by Crippen LogP contribution is 2.49. The molecule has 0 fully saturated rings. The summed E-state index contributed by atoms with van der Waals surface area (Å²) in [6, 6.07) is 84.6. The van der Waals surface area contributed by atoms with Crippen LogP contribution in [0, 0.1) is 0 Å². The zero-order valence-electron chi connectivity index (χ0n) is 41.4. The number of nitrogens with zero attached hydrogens (tertiary/aromatic N) is 4. The Hall–Kier alpha value is -10.1. The lowest BCUT2D eigenvalue weighted by molar-refractivity contribution is 1.14. The molecule has 0 saturated carbocycles. The van der Waals surface area contributed by atoms with E-state index < -0.39 is 0 Å². The summed E-state index contributed by atoms with van der Waals surface area (Å²) in [7, 11) is 0. The normalized spacial score (nSPS) is 12.9. The molecule has 350 valence electrons. The number of hydrogen-bond donors (Lipinski definition) is 0. The molecule has 19 rings (SSSR count). The molecule has 0 amide bonds. The summed E-state index contributed by atoms with van der Waals surface area (Å²) < 4.78 is 5.27. The van der Waals surface area contributed by atoms with Gasteiger partial charge >= 0.3 is 0 Å². The molecular formula is C72H39BN4. The van der Waals surface area contributed by atoms with Crippen LogP contribution in [0.3, 0.4) is 0 Å². The van der Waals surface area contributed by atoms with Crippen LogP contribution in [0.15, 0.2) is 237 Å². The van der Waals surface area contributed by atoms with Gasteiger partial charge in [-0.25, -0.2) is 0 Å². The predicted octanol–water partition coefficient (Wildman–Crippen LogP) is 16.4. The van der Waals surface area contributed by atoms with Crippen LogP contribution >= 0.6 is 0 Å². The summed E-state index contributed by atoms with van der Waals surface area (Å²) in [6.07, 6.45) is 3.95. The fraction of sp³-hybridized carbons (Fsp3) is 0. The molecular weight excluding hydrogens is 932 g/mol. The molecule has 77 heavy (non-hydrogen) atoms. The summed E-state index contributed by atoms with van der Waals surface area (Å²) in [4.78, 5) is 9.70. The molecule has 4 nitrogen and oxygen atoms in total. The van der Waals surface area contributed by atoms with E-state index in [0.29, 0.717) is 0 Å². The SMILES string of the molecule is c1cc2c3c(c1)-n1c4ccc(-c5ccnc6ccccc56)cc4c4c5c6ccccc6c6ccccc6c5cc(c41)B3c1cc(-c3ccnc4ccccc34)cc3c4c5c6ccccc6c6ccccc6c5ccc4n-2c13. The first-order chi connectivity index (χ1) is 38.2. The molecule has 0 aliphatic carbocycles. The minimum Gasteiger partial charge on any atom is -0.310 e. The van der Waals surface area contributed by atoms with E-state index in [0.717, 1.165) is 21.8 Å². The van der Waals surface area contributed by atoms with Crippen LogP contribution in [-0.2, 0) is 0 Å². The fourth-order valence-electron chi connectivity index (χ4n) is 15.0. The Morgan fingerprint density at radius 3 is 1.38 bits per heavy atom. The summed E-state index contributed by atoms with van der Waals surface area (Å²) in [6.45, 7) is -0.102. The Kier molecular flexibility index (Phi) is 7.53. The molecule has 0 N–H and O–H groups in total. The standard InChI is InChI=1S/C72H39BN4/c1-3-18-48-44(14-1)46-16-5-7-22-52(46)66-54(48)29-31-63-68(66)57-37-41(43-33-35-75-61-25-12-10-21-51(43)61)38-58-71(57)77(63)65-27-13-26-64-70(65)73(58)59-39-55-49-19-4-2-15-45(49)47-17-6-8-23-53(47)67(55)69-56-36-40(28-30-62(56)76(64)72(59)69)42-32-34-74-60-24-11-9-20-50(42)60/h1-39H. The van der Waals surface area contributed by atoms with E-state index in [1.54, 1.807) is 0 Å². The van der Waals surface area contributed by atoms with Crippen molar-refractivity contribution < 1.29 is 0 Å². The van der Waals surface area contributed by atoms with Crippen molar-refractivity contribution in [3.63, 3.8) is 0 Å². The van der Waals surface area contributed by atoms with Crippen LogP contribution in [0.25, 0.3) is 164 Å². The Morgan fingerprint density at radius 2 is 0.753 bits per heavy atom. The van der Waals surface area contributed by atoms with Crippen molar-refractivity contribution in [3.05, 3.63) is 237 Å². The van der Waals surface area contributed by atoms with Gasteiger partial charge in [-0.1, -0.05) is 164 Å². The second-order valence-corrected chi connectivity index (χ2v) is 21.4. The van der Waals surface area contributed by atoms with Crippen LogP contribution in [0.1, 0.15) is 0 Å². The monoisotopic (exact) mass is 970 g/mol. The second kappa shape index (κ2) is 14.4. The van der Waals surface area contributed by atoms with Gasteiger partial charge in [-0.3, -0.25) is 9.97 Å². The van der Waals surface area contributed by atoms with Gasteiger partial charge in [-0.2, -0.15) is 0 Å². The van der Waals surface area contributed by atoms with Gasteiger partial charge in [-0.15, -0.1) is 0 Å². The van der Waals surface area contributed by atoms with E-state index in [2.05, 4.69) is 234 Å². The van der Waals surface area contributed by atoms with Gasteiger partial charge in [0, 0.05) is 72.4 Å². The van der Waals surface area contributed by atoms with Crippen LogP contribution < -0.4 is 16.4 Å². The van der Waals surface area contributed by atoms with Gasteiger partial charge < -0.3 is 9.13 Å². The van der Waals surface area contributed by atoms with Gasteiger partial charge in [0.1, 0.15) is 0 Å². The van der Waals surface area contributed by atoms with Crippen molar-refractivity contribution in [2.75, 3.05) is 0 Å². The van der Waals surface area contributed by atoms with Crippen molar-refractivity contribution >= 4 is 153 Å². The number of pyridine rings is 2. The third kappa shape index (κ3) is 5.00. The van der Waals surface area contributed by atoms with Gasteiger partial charge in [-0.05, 0) is 153 Å². The van der Waals surface area contributed by atoms with Crippen LogP contribution in [0.5, 0.6) is 0 Å². The molecule has 0 atom stereocenters. The molecule has 2 aliphatic rings. The Balaban J connectivity index is 1.03. The van der Waals surface area contributed by atoms with E-state index in [-0.39, 0.29) is 6.71 Å². The maximum Gasteiger partial charge on any atom is 0.252 e. The van der Waals surface area contributed by atoms with Crippen LogP contribution in [0.2, 0.25) is 0 Å². The summed E-state index contributed by atoms with van der Waals surface area (Å²) >= 11 is 0. The van der Waals surface area contributed by atoms with E-state index >= 15 is 0 Å². The summed E-state index contributed by atoms with van der Waals surface area (Å²) in [5.74, 6) is 0. The molecule has 5 heteroatoms. The van der Waals surface area contributed by atoms with Crippen molar-refractivity contribution in [2.45, 2.75) is 0 Å². The Bertz CT molecular complexity index is 5560. The Labute approximate surface area is 440 Å². The fourth-order valence-corrected chi connectivity index (χ4v) is 15.0. The molecule has 2 aliphatic heterocycles. The van der Waals surface area contributed by atoms with Crippen LogP contribution in [0.4, 0.5) is 0 Å². The van der Waals surface area contributed by atoms with Gasteiger partial charge in [0.2, 0.25) is 0 Å². The summed E-state index contributed by atoms with van der Waals surface area (Å²) in [5.41, 5.74) is 18.2. The number of para-hydroxylation sites is 2. The van der Waals surface area contributed by atoms with E-state index in [9.17, 15) is 0 Å². The van der Waals surface area contributed by atoms with Crippen molar-refractivity contribution in [3.8, 4) is 33.6 Å². The molecule has 0 bridgehead atoms. The highest BCUT2D eigenvalue weighted by atomic mass is 15.0. The number of fused-ring (bicyclic) bond motifs is 26. The van der Waals surface area contributed by atoms with Gasteiger partial charge in [0.05, 0.1) is 27.6 Å². The number of benzene rings is 13. The maximum absolute atomic E-state index is 4.90. The zero-order chi connectivity index (χ0) is 49.8. The Morgan fingerprint density at radius 1 is 0.286 bits per heavy atom. The smallest absolute Gasteiger partial charge is 0.252 e. The predicted molar refractivity (Wildman–Crippen MR) is 326 cm³/mol. The third-order valence-electron chi connectivity index (χ3n) is 17.9. The minimum absolute atomic E-state index is 0.102. The number of aromatic nitrogens is 4. The number of hydrogen-bond acceptors (Lipinski definition) is 2. The topological polar surface area (TPSA) is 35.6 Å². The van der Waals surface area contributed by atoms with E-state index in [1.807, 2.05) is 12.4 Å². The minimum atomic E-state index is -0.102. The largest absolute Gasteiger partial charge is 0.310 e. The maximum atomic E-state index is 4.90. The molecule has 4 aromatic heterocycles. The lowest BCUT2D eigenvalue weighted by Crippen LogP contribution is -2.59. The molecule has 0 saturated heterocycles. The van der Waals surface area contributed by atoms with Gasteiger partial charge in [0.25, 0.3) is 6.71 Å². The zero-order valence-corrected chi connectivity index (χ0v) is 41.4. The first-order valence-electron chi connectivity index (χ1n) is 26.8. The second-order valence-electron chi connectivity index (χ2n) is 21.4. The average molecular weight is 971 g/mol. The first-order valence-corrected chi connectivity index (χ1v) is 26.8. The van der Waals surface area contributed by atoms with Crippen molar-refractivity contribution in [1.29, 1.82) is 0 Å². The quantitative estimate of drug-likeness (QED) is 0.128.